The summed E-state index contributed by atoms with van der Waals surface area (Å²) in [7, 11) is 0. The third kappa shape index (κ3) is 3.68. The summed E-state index contributed by atoms with van der Waals surface area (Å²) in [6.07, 6.45) is 7.56. The molecule has 0 saturated heterocycles. The Hall–Kier alpha value is -1.12. The topological polar surface area (TPSA) is 45.8 Å². The first kappa shape index (κ1) is 14.3. The van der Waals surface area contributed by atoms with Crippen LogP contribution in [0.4, 0.5) is 0 Å². The highest BCUT2D eigenvalue weighted by molar-refractivity contribution is 5.10. The van der Waals surface area contributed by atoms with Crippen molar-refractivity contribution in [2.75, 3.05) is 0 Å². The second kappa shape index (κ2) is 6.36. The van der Waals surface area contributed by atoms with Crippen molar-refractivity contribution < 1.29 is 0 Å². The normalized spacial score (nSPS) is 23.8. The number of aromatic nitrogens is 2. The van der Waals surface area contributed by atoms with Crippen LogP contribution < -0.4 is 5.56 Å². The summed E-state index contributed by atoms with van der Waals surface area (Å²) >= 11 is 0. The summed E-state index contributed by atoms with van der Waals surface area (Å²) in [6.45, 7) is 6.44. The quantitative estimate of drug-likeness (QED) is 0.892. The zero-order chi connectivity index (χ0) is 13.8. The van der Waals surface area contributed by atoms with E-state index in [4.69, 9.17) is 0 Å². The molecule has 3 heteroatoms. The van der Waals surface area contributed by atoms with Crippen molar-refractivity contribution in [3.05, 3.63) is 27.9 Å². The molecule has 1 saturated carbocycles. The Labute approximate surface area is 115 Å². The third-order valence-electron chi connectivity index (χ3n) is 4.30. The molecule has 19 heavy (non-hydrogen) atoms. The molecule has 0 bridgehead atoms. The van der Waals surface area contributed by atoms with Gasteiger partial charge in [0.2, 0.25) is 0 Å². The lowest BCUT2D eigenvalue weighted by molar-refractivity contribution is 0.301. The van der Waals surface area contributed by atoms with Crippen LogP contribution in [0.25, 0.3) is 0 Å². The molecule has 0 amide bonds. The minimum Gasteiger partial charge on any atom is -0.310 e. The molecule has 106 valence electrons. The molecule has 0 unspecified atom stereocenters. The smallest absolute Gasteiger partial charge is 0.251 e. The fourth-order valence-corrected chi connectivity index (χ4v) is 3.12. The van der Waals surface area contributed by atoms with E-state index < -0.39 is 0 Å². The van der Waals surface area contributed by atoms with Gasteiger partial charge in [-0.1, -0.05) is 33.6 Å². The zero-order valence-electron chi connectivity index (χ0n) is 12.4. The van der Waals surface area contributed by atoms with Crippen molar-refractivity contribution in [3.63, 3.8) is 0 Å². The maximum Gasteiger partial charge on any atom is 0.251 e. The van der Waals surface area contributed by atoms with E-state index in [1.165, 1.54) is 38.5 Å². The average Bonchev–Trinajstić information content (AvgIpc) is 2.39. The maximum atomic E-state index is 11.7. The molecule has 1 heterocycles. The van der Waals surface area contributed by atoms with E-state index in [1.54, 1.807) is 6.07 Å². The Kier molecular flexibility index (Phi) is 4.78. The van der Waals surface area contributed by atoms with Gasteiger partial charge >= 0.3 is 0 Å². The van der Waals surface area contributed by atoms with Crippen LogP contribution in [0, 0.1) is 5.92 Å². The van der Waals surface area contributed by atoms with E-state index >= 15 is 0 Å². The van der Waals surface area contributed by atoms with Crippen molar-refractivity contribution in [3.8, 4) is 0 Å². The van der Waals surface area contributed by atoms with Crippen LogP contribution in [0.15, 0.2) is 10.9 Å². The van der Waals surface area contributed by atoms with Gasteiger partial charge < -0.3 is 4.98 Å². The van der Waals surface area contributed by atoms with Crippen LogP contribution in [0.1, 0.15) is 82.7 Å². The number of rotatable bonds is 4. The molecule has 0 atom stereocenters. The van der Waals surface area contributed by atoms with Gasteiger partial charge in [-0.15, -0.1) is 0 Å². The van der Waals surface area contributed by atoms with E-state index in [0.29, 0.717) is 11.8 Å². The Bertz CT molecular complexity index is 456. The molecule has 1 aromatic heterocycles. The van der Waals surface area contributed by atoms with Crippen LogP contribution in [0.5, 0.6) is 0 Å². The molecular formula is C16H26N2O. The van der Waals surface area contributed by atoms with Gasteiger partial charge in [0.25, 0.3) is 5.56 Å². The van der Waals surface area contributed by atoms with Gasteiger partial charge in [-0.25, -0.2) is 4.98 Å². The number of H-pyrrole nitrogens is 1. The molecule has 0 aromatic carbocycles. The maximum absolute atomic E-state index is 11.7. The standard InChI is InChI=1S/C16H26N2O/c1-4-5-12-6-8-13(9-7-12)16-17-14(11(2)3)10-15(19)18-16/h10-13H,4-9H2,1-3H3,(H,17,18,19). The first-order valence-electron chi connectivity index (χ1n) is 7.71. The van der Waals surface area contributed by atoms with E-state index in [2.05, 4.69) is 30.7 Å². The fourth-order valence-electron chi connectivity index (χ4n) is 3.12. The van der Waals surface area contributed by atoms with E-state index in [0.717, 1.165) is 17.4 Å². The van der Waals surface area contributed by atoms with Crippen LogP contribution in [-0.2, 0) is 0 Å². The summed E-state index contributed by atoms with van der Waals surface area (Å²) in [5.41, 5.74) is 0.929. The van der Waals surface area contributed by atoms with E-state index in [9.17, 15) is 4.79 Å². The van der Waals surface area contributed by atoms with Gasteiger partial charge in [-0.2, -0.15) is 0 Å². The van der Waals surface area contributed by atoms with Crippen molar-refractivity contribution in [1.82, 2.24) is 9.97 Å². The molecule has 0 spiro atoms. The zero-order valence-corrected chi connectivity index (χ0v) is 12.4. The number of nitrogens with one attached hydrogen (secondary N) is 1. The molecule has 0 radical (unpaired) electrons. The van der Waals surface area contributed by atoms with Crippen molar-refractivity contribution in [2.45, 2.75) is 71.1 Å². The minimum atomic E-state index is 0.00406. The Morgan fingerprint density at radius 2 is 2.00 bits per heavy atom. The molecule has 1 aromatic rings. The van der Waals surface area contributed by atoms with Crippen molar-refractivity contribution in [2.24, 2.45) is 5.92 Å². The Morgan fingerprint density at radius 3 is 2.58 bits per heavy atom. The van der Waals surface area contributed by atoms with Crippen LogP contribution in [0.3, 0.4) is 0 Å². The summed E-state index contributed by atoms with van der Waals surface area (Å²) in [5.74, 6) is 2.59. The Morgan fingerprint density at radius 1 is 1.32 bits per heavy atom. The summed E-state index contributed by atoms with van der Waals surface area (Å²) in [4.78, 5) is 19.4. The van der Waals surface area contributed by atoms with Crippen molar-refractivity contribution in [1.29, 1.82) is 0 Å². The molecule has 1 N–H and O–H groups in total. The summed E-state index contributed by atoms with van der Waals surface area (Å²) in [5, 5.41) is 0. The Balaban J connectivity index is 2.09. The van der Waals surface area contributed by atoms with E-state index in [-0.39, 0.29) is 5.56 Å². The summed E-state index contributed by atoms with van der Waals surface area (Å²) < 4.78 is 0. The van der Waals surface area contributed by atoms with Crippen molar-refractivity contribution >= 4 is 0 Å². The van der Waals surface area contributed by atoms with Gasteiger partial charge in [0.05, 0.1) is 5.69 Å². The second-order valence-electron chi connectivity index (χ2n) is 6.22. The van der Waals surface area contributed by atoms with Crippen LogP contribution >= 0.6 is 0 Å². The molecule has 2 rings (SSSR count). The molecular weight excluding hydrogens is 236 g/mol. The fraction of sp³-hybridized carbons (Fsp3) is 0.750. The van der Waals surface area contributed by atoms with Crippen LogP contribution in [0.2, 0.25) is 0 Å². The molecule has 3 nitrogen and oxygen atoms in total. The first-order chi connectivity index (χ1) is 9.10. The predicted octanol–water partition coefficient (Wildman–Crippen LogP) is 3.97. The molecule has 1 aliphatic rings. The highest BCUT2D eigenvalue weighted by atomic mass is 16.1. The molecule has 1 fully saturated rings. The largest absolute Gasteiger partial charge is 0.310 e. The van der Waals surface area contributed by atoms with Gasteiger partial charge in [0, 0.05) is 12.0 Å². The van der Waals surface area contributed by atoms with Gasteiger partial charge in [0.1, 0.15) is 5.82 Å². The third-order valence-corrected chi connectivity index (χ3v) is 4.30. The van der Waals surface area contributed by atoms with Gasteiger partial charge in [0.15, 0.2) is 0 Å². The molecule has 1 aliphatic carbocycles. The monoisotopic (exact) mass is 262 g/mol. The lowest BCUT2D eigenvalue weighted by Gasteiger charge is -2.27. The number of hydrogen-bond acceptors (Lipinski definition) is 2. The first-order valence-corrected chi connectivity index (χ1v) is 7.71. The lowest BCUT2D eigenvalue weighted by Crippen LogP contribution is -2.20. The highest BCUT2D eigenvalue weighted by Gasteiger charge is 2.23. The lowest BCUT2D eigenvalue weighted by atomic mass is 9.79. The van der Waals surface area contributed by atoms with E-state index in [1.807, 2.05) is 0 Å². The second-order valence-corrected chi connectivity index (χ2v) is 6.22. The van der Waals surface area contributed by atoms with Gasteiger partial charge in [-0.05, 0) is 37.5 Å². The SMILES string of the molecule is CCCC1CCC(c2nc(C(C)C)cc(=O)[nH]2)CC1. The average molecular weight is 262 g/mol. The molecule has 0 aliphatic heterocycles. The predicted molar refractivity (Wildman–Crippen MR) is 78.6 cm³/mol. The number of nitrogens with zero attached hydrogens (tertiary/aromatic N) is 1. The minimum absolute atomic E-state index is 0.00406. The summed E-state index contributed by atoms with van der Waals surface area (Å²) in [6, 6.07) is 1.64. The van der Waals surface area contributed by atoms with Gasteiger partial charge in [-0.3, -0.25) is 4.79 Å². The van der Waals surface area contributed by atoms with Crippen LogP contribution in [-0.4, -0.2) is 9.97 Å². The number of aromatic amines is 1. The number of hydrogen-bond donors (Lipinski definition) is 1. The highest BCUT2D eigenvalue weighted by Crippen LogP contribution is 2.36.